The van der Waals surface area contributed by atoms with Crippen LogP contribution in [-0.2, 0) is 0 Å². The molecule has 2 N–H and O–H groups in total. The third-order valence-electron chi connectivity index (χ3n) is 3.63. The number of nitrogens with one attached hydrogen (secondary N) is 1. The quantitative estimate of drug-likeness (QED) is 0.727. The van der Waals surface area contributed by atoms with Crippen LogP contribution >= 0.6 is 0 Å². The monoisotopic (exact) mass is 278 g/mol. The van der Waals surface area contributed by atoms with Crippen LogP contribution in [-0.4, -0.2) is 30.8 Å². The standard InChI is InChI=1S/C17H30N2O/c1-5-11-18-16(6-2)15-9-7-8-10-17(15)19(12-13-20)14(3)4/h7-10,14,16,18,20H,5-6,11-13H2,1-4H3. The maximum absolute atomic E-state index is 9.32. The maximum atomic E-state index is 9.32. The van der Waals surface area contributed by atoms with Crippen LogP contribution < -0.4 is 10.2 Å². The summed E-state index contributed by atoms with van der Waals surface area (Å²) in [6, 6.07) is 9.32. The largest absolute Gasteiger partial charge is 0.395 e. The van der Waals surface area contributed by atoms with Gasteiger partial charge in [-0.15, -0.1) is 0 Å². The van der Waals surface area contributed by atoms with Crippen LogP contribution in [0.15, 0.2) is 24.3 Å². The van der Waals surface area contributed by atoms with Crippen LogP contribution in [0, 0.1) is 0 Å². The van der Waals surface area contributed by atoms with Crippen molar-refractivity contribution in [2.24, 2.45) is 0 Å². The normalized spacial score (nSPS) is 12.7. The summed E-state index contributed by atoms with van der Waals surface area (Å²) in [5.41, 5.74) is 2.58. The van der Waals surface area contributed by atoms with E-state index in [2.05, 4.69) is 62.2 Å². The van der Waals surface area contributed by atoms with E-state index in [9.17, 15) is 5.11 Å². The number of aliphatic hydroxyl groups is 1. The van der Waals surface area contributed by atoms with Crippen molar-refractivity contribution >= 4 is 5.69 Å². The highest BCUT2D eigenvalue weighted by atomic mass is 16.3. The van der Waals surface area contributed by atoms with Crippen LogP contribution in [0.3, 0.4) is 0 Å². The van der Waals surface area contributed by atoms with E-state index in [1.807, 2.05) is 0 Å². The number of nitrogens with zero attached hydrogens (tertiary/aromatic N) is 1. The third kappa shape index (κ3) is 4.50. The van der Waals surface area contributed by atoms with Crippen LogP contribution in [0.1, 0.15) is 52.1 Å². The molecule has 1 atom stereocenters. The smallest absolute Gasteiger partial charge is 0.0606 e. The van der Waals surface area contributed by atoms with Gasteiger partial charge in [-0.2, -0.15) is 0 Å². The van der Waals surface area contributed by atoms with E-state index in [0.717, 1.165) is 19.4 Å². The number of rotatable bonds is 9. The zero-order valence-electron chi connectivity index (χ0n) is 13.4. The molecule has 0 aliphatic carbocycles. The van der Waals surface area contributed by atoms with E-state index < -0.39 is 0 Å². The first kappa shape index (κ1) is 17.0. The predicted molar refractivity (Wildman–Crippen MR) is 87.3 cm³/mol. The summed E-state index contributed by atoms with van der Waals surface area (Å²) < 4.78 is 0. The Hall–Kier alpha value is -1.06. The number of benzene rings is 1. The molecule has 114 valence electrons. The fourth-order valence-corrected chi connectivity index (χ4v) is 2.60. The summed E-state index contributed by atoms with van der Waals surface area (Å²) in [6.45, 7) is 10.7. The fraction of sp³-hybridized carbons (Fsp3) is 0.647. The number of hydrogen-bond donors (Lipinski definition) is 2. The predicted octanol–water partition coefficient (Wildman–Crippen LogP) is 3.34. The highest BCUT2D eigenvalue weighted by molar-refractivity contribution is 5.55. The van der Waals surface area contributed by atoms with E-state index in [1.165, 1.54) is 11.3 Å². The Morgan fingerprint density at radius 1 is 1.20 bits per heavy atom. The molecule has 3 nitrogen and oxygen atoms in total. The zero-order chi connectivity index (χ0) is 15.0. The first-order valence-electron chi connectivity index (χ1n) is 7.85. The summed E-state index contributed by atoms with van der Waals surface area (Å²) in [5, 5.41) is 12.9. The molecule has 1 rings (SSSR count). The fourth-order valence-electron chi connectivity index (χ4n) is 2.60. The minimum atomic E-state index is 0.186. The van der Waals surface area contributed by atoms with Gasteiger partial charge in [0, 0.05) is 24.3 Å². The van der Waals surface area contributed by atoms with E-state index >= 15 is 0 Å². The van der Waals surface area contributed by atoms with Gasteiger partial charge in [-0.25, -0.2) is 0 Å². The number of aliphatic hydroxyl groups excluding tert-OH is 1. The van der Waals surface area contributed by atoms with Crippen LogP contribution in [0.4, 0.5) is 5.69 Å². The Morgan fingerprint density at radius 3 is 2.45 bits per heavy atom. The molecular weight excluding hydrogens is 248 g/mol. The van der Waals surface area contributed by atoms with Crippen molar-refractivity contribution in [2.45, 2.75) is 52.6 Å². The average molecular weight is 278 g/mol. The van der Waals surface area contributed by atoms with Gasteiger partial charge in [-0.1, -0.05) is 32.0 Å². The van der Waals surface area contributed by atoms with Crippen molar-refractivity contribution in [2.75, 3.05) is 24.6 Å². The van der Waals surface area contributed by atoms with Gasteiger partial charge in [-0.05, 0) is 44.9 Å². The first-order valence-corrected chi connectivity index (χ1v) is 7.85. The average Bonchev–Trinajstić information content (AvgIpc) is 2.46. The minimum absolute atomic E-state index is 0.186. The molecule has 1 aromatic carbocycles. The van der Waals surface area contributed by atoms with Gasteiger partial charge < -0.3 is 15.3 Å². The lowest BCUT2D eigenvalue weighted by Crippen LogP contribution is -2.35. The molecule has 0 aliphatic rings. The Kier molecular flexibility index (Phi) is 7.63. The molecule has 0 aliphatic heterocycles. The second-order valence-electron chi connectivity index (χ2n) is 5.48. The minimum Gasteiger partial charge on any atom is -0.395 e. The molecule has 0 aromatic heterocycles. The van der Waals surface area contributed by atoms with Gasteiger partial charge in [-0.3, -0.25) is 0 Å². The Balaban J connectivity index is 3.06. The summed E-state index contributed by atoms with van der Waals surface area (Å²) in [4.78, 5) is 2.28. The van der Waals surface area contributed by atoms with Gasteiger partial charge in [0.1, 0.15) is 0 Å². The molecular formula is C17H30N2O. The lowest BCUT2D eigenvalue weighted by Gasteiger charge is -2.32. The van der Waals surface area contributed by atoms with E-state index in [-0.39, 0.29) is 6.61 Å². The highest BCUT2D eigenvalue weighted by Gasteiger charge is 2.18. The number of para-hydroxylation sites is 1. The van der Waals surface area contributed by atoms with Crippen LogP contribution in [0.2, 0.25) is 0 Å². The molecule has 0 amide bonds. The van der Waals surface area contributed by atoms with Crippen molar-refractivity contribution in [3.8, 4) is 0 Å². The Labute approximate surface area is 124 Å². The zero-order valence-corrected chi connectivity index (χ0v) is 13.4. The molecule has 0 saturated carbocycles. The molecule has 1 unspecified atom stereocenters. The lowest BCUT2D eigenvalue weighted by molar-refractivity contribution is 0.299. The van der Waals surface area contributed by atoms with Crippen LogP contribution in [0.25, 0.3) is 0 Å². The third-order valence-corrected chi connectivity index (χ3v) is 3.63. The molecule has 0 spiro atoms. The second-order valence-corrected chi connectivity index (χ2v) is 5.48. The molecule has 0 bridgehead atoms. The summed E-state index contributed by atoms with van der Waals surface area (Å²) in [7, 11) is 0. The van der Waals surface area contributed by atoms with Crippen molar-refractivity contribution in [3.05, 3.63) is 29.8 Å². The van der Waals surface area contributed by atoms with Crippen molar-refractivity contribution < 1.29 is 5.11 Å². The Bertz CT molecular complexity index is 379. The lowest BCUT2D eigenvalue weighted by atomic mass is 10.0. The van der Waals surface area contributed by atoms with Gasteiger partial charge in [0.05, 0.1) is 6.61 Å². The maximum Gasteiger partial charge on any atom is 0.0606 e. The summed E-state index contributed by atoms with van der Waals surface area (Å²) in [6.07, 6.45) is 2.21. The second kappa shape index (κ2) is 8.98. The van der Waals surface area contributed by atoms with Crippen molar-refractivity contribution in [3.63, 3.8) is 0 Å². The van der Waals surface area contributed by atoms with Crippen molar-refractivity contribution in [1.82, 2.24) is 5.32 Å². The summed E-state index contributed by atoms with van der Waals surface area (Å²) in [5.74, 6) is 0. The number of hydrogen-bond acceptors (Lipinski definition) is 3. The topological polar surface area (TPSA) is 35.5 Å². The van der Waals surface area contributed by atoms with E-state index in [1.54, 1.807) is 0 Å². The molecule has 0 fully saturated rings. The molecule has 0 radical (unpaired) electrons. The molecule has 20 heavy (non-hydrogen) atoms. The first-order chi connectivity index (χ1) is 9.65. The van der Waals surface area contributed by atoms with Gasteiger partial charge >= 0.3 is 0 Å². The SMILES string of the molecule is CCCNC(CC)c1ccccc1N(CCO)C(C)C. The van der Waals surface area contributed by atoms with Crippen LogP contribution in [0.5, 0.6) is 0 Å². The molecule has 1 aromatic rings. The van der Waals surface area contributed by atoms with Gasteiger partial charge in [0.2, 0.25) is 0 Å². The van der Waals surface area contributed by atoms with Gasteiger partial charge in [0.15, 0.2) is 0 Å². The molecule has 0 saturated heterocycles. The molecule has 3 heteroatoms. The molecule has 0 heterocycles. The number of anilines is 1. The van der Waals surface area contributed by atoms with E-state index in [4.69, 9.17) is 0 Å². The summed E-state index contributed by atoms with van der Waals surface area (Å²) >= 11 is 0. The Morgan fingerprint density at radius 2 is 1.90 bits per heavy atom. The van der Waals surface area contributed by atoms with Crippen molar-refractivity contribution in [1.29, 1.82) is 0 Å². The van der Waals surface area contributed by atoms with Gasteiger partial charge in [0.25, 0.3) is 0 Å². The highest BCUT2D eigenvalue weighted by Crippen LogP contribution is 2.29. The van der Waals surface area contributed by atoms with E-state index in [0.29, 0.717) is 18.6 Å².